The van der Waals surface area contributed by atoms with E-state index in [-0.39, 0.29) is 16.1 Å². The maximum Gasteiger partial charge on any atom is 0.233 e. The average Bonchev–Trinajstić information content (AvgIpc) is 2.34. The van der Waals surface area contributed by atoms with Gasteiger partial charge in [0, 0.05) is 4.47 Å². The summed E-state index contributed by atoms with van der Waals surface area (Å²) in [5, 5.41) is 3.13. The molecule has 1 fully saturated rings. The van der Waals surface area contributed by atoms with E-state index in [1.165, 1.54) is 0 Å². The smallest absolute Gasteiger partial charge is 0.233 e. The predicted octanol–water partition coefficient (Wildman–Crippen LogP) is 2.47. The highest BCUT2D eigenvalue weighted by Crippen LogP contribution is 2.25. The Morgan fingerprint density at radius 3 is 2.35 bits per heavy atom. The largest absolute Gasteiger partial charge is 0.317 e. The van der Waals surface area contributed by atoms with E-state index in [4.69, 9.17) is 0 Å². The van der Waals surface area contributed by atoms with Crippen LogP contribution < -0.4 is 10.0 Å². The third-order valence-corrected chi connectivity index (χ3v) is 5.06. The van der Waals surface area contributed by atoms with Crippen LogP contribution in [0.1, 0.15) is 12.8 Å². The molecule has 1 aliphatic rings. The highest BCUT2D eigenvalue weighted by Gasteiger charge is 2.23. The van der Waals surface area contributed by atoms with Gasteiger partial charge in [-0.15, -0.1) is 0 Å². The third-order valence-electron chi connectivity index (χ3n) is 3.18. The van der Waals surface area contributed by atoms with Crippen LogP contribution in [0.4, 0.5) is 14.5 Å². The van der Waals surface area contributed by atoms with Gasteiger partial charge < -0.3 is 5.32 Å². The molecule has 8 heteroatoms. The van der Waals surface area contributed by atoms with Crippen LogP contribution in [0, 0.1) is 17.6 Å². The summed E-state index contributed by atoms with van der Waals surface area (Å²) >= 11 is 2.94. The summed E-state index contributed by atoms with van der Waals surface area (Å²) in [7, 11) is -3.77. The van der Waals surface area contributed by atoms with E-state index < -0.39 is 27.3 Å². The van der Waals surface area contributed by atoms with Gasteiger partial charge in [0.05, 0.1) is 5.75 Å². The molecule has 0 unspecified atom stereocenters. The molecule has 112 valence electrons. The molecule has 0 bridgehead atoms. The van der Waals surface area contributed by atoms with Gasteiger partial charge >= 0.3 is 0 Å². The summed E-state index contributed by atoms with van der Waals surface area (Å²) in [6, 6.07) is 2.04. The summed E-state index contributed by atoms with van der Waals surface area (Å²) in [6.07, 6.45) is 1.48. The zero-order valence-electron chi connectivity index (χ0n) is 10.6. The minimum atomic E-state index is -3.77. The number of nitrogens with one attached hydrogen (secondary N) is 2. The molecule has 0 atom stereocenters. The summed E-state index contributed by atoms with van der Waals surface area (Å²) in [5.74, 6) is -1.99. The molecule has 0 amide bonds. The van der Waals surface area contributed by atoms with Crippen molar-refractivity contribution in [2.24, 2.45) is 5.92 Å². The topological polar surface area (TPSA) is 58.2 Å². The molecule has 0 aromatic heterocycles. The van der Waals surface area contributed by atoms with Crippen LogP contribution in [0.3, 0.4) is 0 Å². The van der Waals surface area contributed by atoms with Crippen molar-refractivity contribution in [3.63, 3.8) is 0 Å². The molecular weight excluding hydrogens is 354 g/mol. The van der Waals surface area contributed by atoms with E-state index in [1.807, 2.05) is 4.72 Å². The van der Waals surface area contributed by atoms with Crippen molar-refractivity contribution in [2.75, 3.05) is 23.6 Å². The van der Waals surface area contributed by atoms with Gasteiger partial charge in [0.25, 0.3) is 0 Å². The fourth-order valence-corrected chi connectivity index (χ4v) is 4.14. The number of sulfonamides is 1. The molecule has 1 heterocycles. The quantitative estimate of drug-likeness (QED) is 0.858. The normalized spacial score (nSPS) is 17.1. The number of rotatable bonds is 4. The first-order valence-corrected chi connectivity index (χ1v) is 8.67. The molecule has 0 spiro atoms. The van der Waals surface area contributed by atoms with Gasteiger partial charge in [-0.1, -0.05) is 15.9 Å². The van der Waals surface area contributed by atoms with E-state index in [0.29, 0.717) is 0 Å². The first kappa shape index (κ1) is 15.7. The zero-order valence-corrected chi connectivity index (χ0v) is 13.0. The Morgan fingerprint density at radius 2 is 1.80 bits per heavy atom. The monoisotopic (exact) mass is 368 g/mol. The minimum absolute atomic E-state index is 0.00956. The van der Waals surface area contributed by atoms with E-state index in [0.717, 1.165) is 38.1 Å². The lowest BCUT2D eigenvalue weighted by Crippen LogP contribution is -2.33. The molecule has 0 aliphatic carbocycles. The number of piperidine rings is 1. The molecule has 20 heavy (non-hydrogen) atoms. The van der Waals surface area contributed by atoms with Gasteiger partial charge in [0.1, 0.15) is 5.69 Å². The number of anilines is 1. The van der Waals surface area contributed by atoms with Crippen molar-refractivity contribution >= 4 is 31.6 Å². The zero-order chi connectivity index (χ0) is 14.8. The van der Waals surface area contributed by atoms with Gasteiger partial charge in [-0.3, -0.25) is 4.72 Å². The third kappa shape index (κ3) is 4.13. The van der Waals surface area contributed by atoms with E-state index >= 15 is 0 Å². The van der Waals surface area contributed by atoms with Gasteiger partial charge in [-0.25, -0.2) is 17.2 Å². The summed E-state index contributed by atoms with van der Waals surface area (Å²) in [6.45, 7) is 1.53. The number of hydrogen-bond donors (Lipinski definition) is 2. The Hall–Kier alpha value is -0.730. The average molecular weight is 369 g/mol. The predicted molar refractivity (Wildman–Crippen MR) is 77.1 cm³/mol. The first-order valence-electron chi connectivity index (χ1n) is 6.23. The SMILES string of the molecule is O=S(=O)(CC1CCNCC1)Nc1c(F)cc(Br)cc1F. The van der Waals surface area contributed by atoms with Crippen molar-refractivity contribution in [1.82, 2.24) is 5.32 Å². The molecule has 2 rings (SSSR count). The highest BCUT2D eigenvalue weighted by molar-refractivity contribution is 9.10. The van der Waals surface area contributed by atoms with Gasteiger partial charge in [-0.2, -0.15) is 0 Å². The minimum Gasteiger partial charge on any atom is -0.317 e. The Bertz CT molecular complexity index is 566. The lowest BCUT2D eigenvalue weighted by atomic mass is 10.0. The summed E-state index contributed by atoms with van der Waals surface area (Å²) in [5.41, 5.74) is -0.623. The van der Waals surface area contributed by atoms with E-state index in [9.17, 15) is 17.2 Å². The second-order valence-corrected chi connectivity index (χ2v) is 7.50. The number of hydrogen-bond acceptors (Lipinski definition) is 3. The Morgan fingerprint density at radius 1 is 1.25 bits per heavy atom. The molecule has 0 radical (unpaired) electrons. The standard InChI is InChI=1S/C12H15BrF2N2O2S/c13-9-5-10(14)12(11(15)6-9)17-20(18,19)7-8-1-3-16-4-2-8/h5-6,8,16-17H,1-4,7H2. The lowest BCUT2D eigenvalue weighted by Gasteiger charge is -2.22. The van der Waals surface area contributed by atoms with E-state index in [1.54, 1.807) is 0 Å². The fourth-order valence-electron chi connectivity index (χ4n) is 2.20. The molecule has 4 nitrogen and oxygen atoms in total. The molecule has 0 saturated carbocycles. The lowest BCUT2D eigenvalue weighted by molar-refractivity contribution is 0.402. The maximum atomic E-state index is 13.6. The molecule has 1 aromatic rings. The van der Waals surface area contributed by atoms with Crippen LogP contribution in [-0.2, 0) is 10.0 Å². The molecule has 1 saturated heterocycles. The molecular formula is C12H15BrF2N2O2S. The maximum absolute atomic E-state index is 13.6. The van der Waals surface area contributed by atoms with Crippen LogP contribution in [0.25, 0.3) is 0 Å². The van der Waals surface area contributed by atoms with Crippen molar-refractivity contribution in [1.29, 1.82) is 0 Å². The Labute approximate surface area is 125 Å². The van der Waals surface area contributed by atoms with Crippen LogP contribution in [0.2, 0.25) is 0 Å². The van der Waals surface area contributed by atoms with Gasteiger partial charge in [0.2, 0.25) is 10.0 Å². The Balaban J connectivity index is 2.11. The van der Waals surface area contributed by atoms with E-state index in [2.05, 4.69) is 21.2 Å². The van der Waals surface area contributed by atoms with Crippen molar-refractivity contribution < 1.29 is 17.2 Å². The summed E-state index contributed by atoms with van der Waals surface area (Å²) < 4.78 is 53.4. The molecule has 1 aliphatic heterocycles. The number of benzene rings is 1. The molecule has 1 aromatic carbocycles. The second kappa shape index (κ2) is 6.36. The van der Waals surface area contributed by atoms with Gasteiger partial charge in [-0.05, 0) is 44.0 Å². The van der Waals surface area contributed by atoms with Crippen LogP contribution >= 0.6 is 15.9 Å². The highest BCUT2D eigenvalue weighted by atomic mass is 79.9. The van der Waals surface area contributed by atoms with Crippen LogP contribution in [0.5, 0.6) is 0 Å². The number of halogens is 3. The molecule has 2 N–H and O–H groups in total. The second-order valence-electron chi connectivity index (χ2n) is 4.82. The van der Waals surface area contributed by atoms with Gasteiger partial charge in [0.15, 0.2) is 11.6 Å². The summed E-state index contributed by atoms with van der Waals surface area (Å²) in [4.78, 5) is 0. The van der Waals surface area contributed by atoms with Crippen LogP contribution in [0.15, 0.2) is 16.6 Å². The first-order chi connectivity index (χ1) is 9.37. The van der Waals surface area contributed by atoms with Crippen molar-refractivity contribution in [2.45, 2.75) is 12.8 Å². The Kier molecular flexibility index (Phi) is 4.98. The van der Waals surface area contributed by atoms with Crippen LogP contribution in [-0.4, -0.2) is 27.3 Å². The van der Waals surface area contributed by atoms with Crippen molar-refractivity contribution in [3.05, 3.63) is 28.2 Å². The van der Waals surface area contributed by atoms with Crippen molar-refractivity contribution in [3.8, 4) is 0 Å². The fraction of sp³-hybridized carbons (Fsp3) is 0.500.